The number of alkyl halides is 3. The molecule has 0 aliphatic carbocycles. The minimum Gasteiger partial charge on any atom is -0.393 e. The van der Waals surface area contributed by atoms with E-state index in [-0.39, 0.29) is 12.5 Å². The fourth-order valence-electron chi connectivity index (χ4n) is 2.03. The van der Waals surface area contributed by atoms with E-state index in [2.05, 4.69) is 5.32 Å². The summed E-state index contributed by atoms with van der Waals surface area (Å²) < 4.78 is 50.7. The summed E-state index contributed by atoms with van der Waals surface area (Å²) >= 11 is 0. The Morgan fingerprint density at radius 3 is 2.45 bits per heavy atom. The highest BCUT2D eigenvalue weighted by Gasteiger charge is 2.34. The Labute approximate surface area is 115 Å². The molecule has 20 heavy (non-hydrogen) atoms. The van der Waals surface area contributed by atoms with Gasteiger partial charge in [-0.3, -0.25) is 0 Å². The molecule has 0 amide bonds. The molecule has 0 saturated carbocycles. The first kappa shape index (κ1) is 16.9. The van der Waals surface area contributed by atoms with Gasteiger partial charge in [0.2, 0.25) is 0 Å². The first-order valence-corrected chi connectivity index (χ1v) is 6.44. The number of rotatable bonds is 6. The summed E-state index contributed by atoms with van der Waals surface area (Å²) in [5.41, 5.74) is -0.864. The van der Waals surface area contributed by atoms with Gasteiger partial charge in [-0.2, -0.15) is 13.2 Å². The predicted octanol–water partition coefficient (Wildman–Crippen LogP) is 3.34. The molecule has 0 bridgehead atoms. The molecule has 1 rings (SSSR count). The lowest BCUT2D eigenvalue weighted by Gasteiger charge is -2.15. The Morgan fingerprint density at radius 1 is 1.25 bits per heavy atom. The molecular weight excluding hydrogens is 274 g/mol. The Kier molecular flexibility index (Phi) is 5.95. The highest BCUT2D eigenvalue weighted by molar-refractivity contribution is 5.27. The molecular formula is C14H19F4NO. The number of nitrogens with one attached hydrogen (secondary N) is 1. The maximum atomic E-state index is 13.1. The normalized spacial score (nSPS) is 15.2. The summed E-state index contributed by atoms with van der Waals surface area (Å²) in [6, 6.07) is 2.98. The van der Waals surface area contributed by atoms with Crippen LogP contribution in [0.25, 0.3) is 0 Å². The predicted molar refractivity (Wildman–Crippen MR) is 68.6 cm³/mol. The van der Waals surface area contributed by atoms with Crippen molar-refractivity contribution in [2.45, 2.75) is 39.1 Å². The van der Waals surface area contributed by atoms with Gasteiger partial charge in [0, 0.05) is 6.54 Å². The van der Waals surface area contributed by atoms with Crippen molar-refractivity contribution in [2.75, 3.05) is 6.54 Å². The monoisotopic (exact) mass is 293 g/mol. The Morgan fingerprint density at radius 2 is 1.90 bits per heavy atom. The second-order valence-electron chi connectivity index (χ2n) is 5.13. The topological polar surface area (TPSA) is 32.3 Å². The van der Waals surface area contributed by atoms with Gasteiger partial charge in [-0.15, -0.1) is 0 Å². The van der Waals surface area contributed by atoms with Crippen LogP contribution in [0.5, 0.6) is 0 Å². The summed E-state index contributed by atoms with van der Waals surface area (Å²) in [5.74, 6) is -1.05. The average Bonchev–Trinajstić information content (AvgIpc) is 2.28. The summed E-state index contributed by atoms with van der Waals surface area (Å²) in [6.07, 6.45) is -4.47. The van der Waals surface area contributed by atoms with Crippen molar-refractivity contribution in [1.29, 1.82) is 0 Å². The van der Waals surface area contributed by atoms with Crippen LogP contribution >= 0.6 is 0 Å². The zero-order valence-electron chi connectivity index (χ0n) is 11.5. The molecule has 1 aromatic rings. The van der Waals surface area contributed by atoms with Gasteiger partial charge in [-0.05, 0) is 43.5 Å². The van der Waals surface area contributed by atoms with Crippen molar-refractivity contribution in [1.82, 2.24) is 5.32 Å². The van der Waals surface area contributed by atoms with Crippen LogP contribution < -0.4 is 5.32 Å². The highest BCUT2D eigenvalue weighted by atomic mass is 19.4. The smallest absolute Gasteiger partial charge is 0.393 e. The van der Waals surface area contributed by atoms with Gasteiger partial charge in [-0.25, -0.2) is 4.39 Å². The molecule has 6 heteroatoms. The summed E-state index contributed by atoms with van der Waals surface area (Å²) in [5, 5.41) is 12.2. The second kappa shape index (κ2) is 7.04. The van der Waals surface area contributed by atoms with E-state index < -0.39 is 23.7 Å². The van der Waals surface area contributed by atoms with Crippen LogP contribution in [0, 0.1) is 11.7 Å². The number of hydrogen-bond acceptors (Lipinski definition) is 2. The Hall–Kier alpha value is -1.14. The number of halogens is 4. The lowest BCUT2D eigenvalue weighted by Crippen LogP contribution is -2.23. The van der Waals surface area contributed by atoms with Crippen molar-refractivity contribution in [3.8, 4) is 0 Å². The molecule has 0 radical (unpaired) electrons. The third-order valence-electron chi connectivity index (χ3n) is 2.90. The fourth-order valence-corrected chi connectivity index (χ4v) is 2.03. The summed E-state index contributed by atoms with van der Waals surface area (Å²) in [4.78, 5) is 0. The van der Waals surface area contributed by atoms with Crippen LogP contribution in [-0.2, 0) is 12.7 Å². The summed E-state index contributed by atoms with van der Waals surface area (Å²) in [6.45, 7) is 4.43. The van der Waals surface area contributed by atoms with E-state index in [1.807, 2.05) is 6.92 Å². The molecule has 2 N–H and O–H groups in total. The summed E-state index contributed by atoms with van der Waals surface area (Å²) in [7, 11) is 0. The van der Waals surface area contributed by atoms with Crippen molar-refractivity contribution in [3.63, 3.8) is 0 Å². The van der Waals surface area contributed by atoms with Crippen LogP contribution in [0.3, 0.4) is 0 Å². The van der Waals surface area contributed by atoms with Gasteiger partial charge in [-0.1, -0.05) is 13.0 Å². The maximum Gasteiger partial charge on any atom is 0.419 e. The molecule has 0 saturated heterocycles. The van der Waals surface area contributed by atoms with Crippen LogP contribution in [0.15, 0.2) is 18.2 Å². The van der Waals surface area contributed by atoms with E-state index in [0.29, 0.717) is 18.5 Å². The lowest BCUT2D eigenvalue weighted by molar-refractivity contribution is -0.140. The van der Waals surface area contributed by atoms with Crippen LogP contribution in [0.2, 0.25) is 0 Å². The zero-order valence-corrected chi connectivity index (χ0v) is 11.5. The maximum absolute atomic E-state index is 13.1. The molecule has 0 aliphatic rings. The molecule has 0 fully saturated rings. The van der Waals surface area contributed by atoms with E-state index in [4.69, 9.17) is 0 Å². The van der Waals surface area contributed by atoms with Gasteiger partial charge in [0.1, 0.15) is 5.82 Å². The number of aliphatic hydroxyl groups is 1. The van der Waals surface area contributed by atoms with Gasteiger partial charge in [0.15, 0.2) is 0 Å². The SMILES string of the molecule is CC(O)CC(C)CNCc1ccc(F)c(C(F)(F)F)c1. The van der Waals surface area contributed by atoms with Gasteiger partial charge in [0.05, 0.1) is 11.7 Å². The molecule has 0 spiro atoms. The Balaban J connectivity index is 2.57. The van der Waals surface area contributed by atoms with E-state index in [9.17, 15) is 22.7 Å². The third kappa shape index (κ3) is 5.46. The Bertz CT molecular complexity index is 432. The number of benzene rings is 1. The van der Waals surface area contributed by atoms with Gasteiger partial charge < -0.3 is 10.4 Å². The van der Waals surface area contributed by atoms with Gasteiger partial charge >= 0.3 is 6.18 Å². The molecule has 2 unspecified atom stereocenters. The van der Waals surface area contributed by atoms with Crippen molar-refractivity contribution < 1.29 is 22.7 Å². The first-order chi connectivity index (χ1) is 9.20. The van der Waals surface area contributed by atoms with Crippen LogP contribution in [0.4, 0.5) is 17.6 Å². The molecule has 114 valence electrons. The molecule has 0 aromatic heterocycles. The molecule has 1 aromatic carbocycles. The van der Waals surface area contributed by atoms with E-state index in [1.54, 1.807) is 6.92 Å². The van der Waals surface area contributed by atoms with Crippen molar-refractivity contribution >= 4 is 0 Å². The van der Waals surface area contributed by atoms with Gasteiger partial charge in [0.25, 0.3) is 0 Å². The quantitative estimate of drug-likeness (QED) is 0.788. The second-order valence-corrected chi connectivity index (χ2v) is 5.13. The van der Waals surface area contributed by atoms with E-state index in [1.165, 1.54) is 6.07 Å². The molecule has 2 atom stereocenters. The molecule has 0 heterocycles. The minimum atomic E-state index is -4.68. The van der Waals surface area contributed by atoms with Crippen molar-refractivity contribution in [3.05, 3.63) is 35.1 Å². The van der Waals surface area contributed by atoms with Crippen molar-refractivity contribution in [2.24, 2.45) is 5.92 Å². The number of aliphatic hydroxyl groups excluding tert-OH is 1. The largest absolute Gasteiger partial charge is 0.419 e. The van der Waals surface area contributed by atoms with E-state index in [0.717, 1.165) is 12.1 Å². The highest BCUT2D eigenvalue weighted by Crippen LogP contribution is 2.31. The van der Waals surface area contributed by atoms with Crippen LogP contribution in [0.1, 0.15) is 31.4 Å². The third-order valence-corrected chi connectivity index (χ3v) is 2.90. The average molecular weight is 293 g/mol. The zero-order chi connectivity index (χ0) is 15.3. The first-order valence-electron chi connectivity index (χ1n) is 6.44. The number of hydrogen-bond donors (Lipinski definition) is 2. The molecule has 2 nitrogen and oxygen atoms in total. The van der Waals surface area contributed by atoms with Crippen LogP contribution in [-0.4, -0.2) is 17.8 Å². The minimum absolute atomic E-state index is 0.206. The van der Waals surface area contributed by atoms with E-state index >= 15 is 0 Å². The molecule has 0 aliphatic heterocycles. The standard InChI is InChI=1S/C14H19F4NO/c1-9(5-10(2)20)7-19-8-11-3-4-13(15)12(6-11)14(16,17)18/h3-4,6,9-10,19-20H,5,7-8H2,1-2H3. The lowest BCUT2D eigenvalue weighted by atomic mass is 10.0. The fraction of sp³-hybridized carbons (Fsp3) is 0.571.